The van der Waals surface area contributed by atoms with E-state index in [1.807, 2.05) is 42.5 Å². The van der Waals surface area contributed by atoms with Crippen LogP contribution >= 0.6 is 0 Å². The van der Waals surface area contributed by atoms with Crippen molar-refractivity contribution in [2.24, 2.45) is 5.73 Å². The molecule has 1 unspecified atom stereocenters. The molecule has 0 aliphatic carbocycles. The molecule has 3 aromatic carbocycles. The molecule has 0 fully saturated rings. The van der Waals surface area contributed by atoms with Crippen LogP contribution in [0.15, 0.2) is 94.3 Å². The number of hydrogen-bond donors (Lipinski definition) is 3. The first-order valence-corrected chi connectivity index (χ1v) is 9.28. The Hall–Kier alpha value is -3.90. The van der Waals surface area contributed by atoms with Gasteiger partial charge in [-0.25, -0.2) is 0 Å². The van der Waals surface area contributed by atoms with E-state index in [4.69, 9.17) is 20.4 Å². The van der Waals surface area contributed by atoms with Crippen LogP contribution < -0.4 is 11.2 Å². The Labute approximate surface area is 172 Å². The lowest BCUT2D eigenvalue weighted by atomic mass is 10.1. The highest BCUT2D eigenvalue weighted by Gasteiger charge is 2.11. The summed E-state index contributed by atoms with van der Waals surface area (Å²) >= 11 is 0. The van der Waals surface area contributed by atoms with Crippen molar-refractivity contribution in [1.29, 1.82) is 0 Å². The molecule has 0 radical (unpaired) electrons. The highest BCUT2D eigenvalue weighted by atomic mass is 16.4. The summed E-state index contributed by atoms with van der Waals surface area (Å²) in [7, 11) is 0. The third-order valence-electron chi connectivity index (χ3n) is 4.47. The minimum Gasteiger partial charge on any atom is -0.508 e. The van der Waals surface area contributed by atoms with Gasteiger partial charge in [0.15, 0.2) is 5.43 Å². The number of carbonyl (C=O) groups is 1. The normalized spacial score (nSPS) is 11.4. The molecular formula is C24H21NO5. The van der Waals surface area contributed by atoms with Crippen LogP contribution in [0.25, 0.3) is 22.1 Å². The van der Waals surface area contributed by atoms with Crippen LogP contribution in [0.1, 0.15) is 5.56 Å². The molecule has 0 bridgehead atoms. The minimum absolute atomic E-state index is 0.0121. The van der Waals surface area contributed by atoms with Gasteiger partial charge in [-0.1, -0.05) is 54.6 Å². The molecule has 6 nitrogen and oxygen atoms in total. The van der Waals surface area contributed by atoms with Crippen LogP contribution in [0.2, 0.25) is 0 Å². The molecule has 4 rings (SSSR count). The molecule has 4 N–H and O–H groups in total. The third-order valence-corrected chi connectivity index (χ3v) is 4.47. The van der Waals surface area contributed by atoms with Crippen molar-refractivity contribution in [3.63, 3.8) is 0 Å². The summed E-state index contributed by atoms with van der Waals surface area (Å²) in [6.45, 7) is 0. The van der Waals surface area contributed by atoms with Gasteiger partial charge in [0, 0.05) is 0 Å². The number of carboxylic acids is 1. The fourth-order valence-electron chi connectivity index (χ4n) is 2.87. The SMILES string of the molecule is NC(Cc1ccc(O)cc1)C(=O)O.O=c1c(-c2ccccc2)coc2ccccc12. The van der Waals surface area contributed by atoms with Gasteiger partial charge < -0.3 is 20.4 Å². The lowest BCUT2D eigenvalue weighted by Gasteiger charge is -2.05. The number of para-hydroxylation sites is 1. The topological polar surface area (TPSA) is 114 Å². The van der Waals surface area contributed by atoms with Crippen molar-refractivity contribution in [2.45, 2.75) is 12.5 Å². The number of aromatic hydroxyl groups is 1. The largest absolute Gasteiger partial charge is 0.508 e. The number of hydrogen-bond acceptors (Lipinski definition) is 5. The summed E-state index contributed by atoms with van der Waals surface area (Å²) in [6, 6.07) is 22.2. The Morgan fingerprint density at radius 2 is 1.57 bits per heavy atom. The standard InChI is InChI=1S/C15H10O2.C9H11NO3/c16-15-12-8-4-5-9-14(12)17-10-13(15)11-6-2-1-3-7-11;10-8(9(12)13)5-6-1-3-7(11)4-2-6/h1-10H;1-4,8,11H,5,10H2,(H,12,13). The number of aliphatic carboxylic acids is 1. The maximum atomic E-state index is 12.3. The molecule has 0 spiro atoms. The lowest BCUT2D eigenvalue weighted by molar-refractivity contribution is -0.138. The van der Waals surface area contributed by atoms with Crippen molar-refractivity contribution >= 4 is 16.9 Å². The van der Waals surface area contributed by atoms with Crippen molar-refractivity contribution in [3.8, 4) is 16.9 Å². The predicted molar refractivity (Wildman–Crippen MR) is 115 cm³/mol. The smallest absolute Gasteiger partial charge is 0.320 e. The fourth-order valence-corrected chi connectivity index (χ4v) is 2.87. The fraction of sp³-hybridized carbons (Fsp3) is 0.0833. The van der Waals surface area contributed by atoms with Crippen LogP contribution in [0, 0.1) is 0 Å². The predicted octanol–water partition coefficient (Wildman–Crippen LogP) is 3.81. The van der Waals surface area contributed by atoms with Crippen LogP contribution in [0.5, 0.6) is 5.75 Å². The third kappa shape index (κ3) is 5.12. The van der Waals surface area contributed by atoms with E-state index in [-0.39, 0.29) is 17.6 Å². The van der Waals surface area contributed by atoms with Crippen molar-refractivity contribution in [3.05, 3.63) is 101 Å². The van der Waals surface area contributed by atoms with Crippen LogP contribution in [-0.2, 0) is 11.2 Å². The summed E-state index contributed by atoms with van der Waals surface area (Å²) < 4.78 is 5.48. The number of nitrogens with two attached hydrogens (primary N) is 1. The number of phenolic OH excluding ortho intramolecular Hbond substituents is 1. The molecular weight excluding hydrogens is 382 g/mol. The van der Waals surface area contributed by atoms with Gasteiger partial charge in [-0.15, -0.1) is 0 Å². The van der Waals surface area contributed by atoms with Crippen LogP contribution in [0.3, 0.4) is 0 Å². The van der Waals surface area contributed by atoms with Crippen LogP contribution in [-0.4, -0.2) is 22.2 Å². The van der Waals surface area contributed by atoms with E-state index >= 15 is 0 Å². The second-order valence-electron chi connectivity index (χ2n) is 6.66. The molecule has 4 aromatic rings. The zero-order valence-corrected chi connectivity index (χ0v) is 16.1. The van der Waals surface area contributed by atoms with Crippen molar-refractivity contribution < 1.29 is 19.4 Å². The lowest BCUT2D eigenvalue weighted by Crippen LogP contribution is -2.32. The zero-order valence-electron chi connectivity index (χ0n) is 16.1. The summed E-state index contributed by atoms with van der Waals surface area (Å²) in [6.07, 6.45) is 1.80. The van der Waals surface area contributed by atoms with Gasteiger partial charge in [0.2, 0.25) is 0 Å². The number of fused-ring (bicyclic) bond motifs is 1. The molecule has 0 aliphatic heterocycles. The Balaban J connectivity index is 0.000000178. The van der Waals surface area contributed by atoms with E-state index in [0.29, 0.717) is 16.5 Å². The number of benzene rings is 3. The van der Waals surface area contributed by atoms with E-state index in [1.54, 1.807) is 24.3 Å². The van der Waals surface area contributed by atoms with Gasteiger partial charge in [-0.2, -0.15) is 0 Å². The number of phenols is 1. The molecule has 0 saturated heterocycles. The maximum absolute atomic E-state index is 12.3. The summed E-state index contributed by atoms with van der Waals surface area (Å²) in [5.41, 5.74) is 8.24. The Morgan fingerprint density at radius 1 is 0.933 bits per heavy atom. The number of rotatable bonds is 4. The number of carboxylic acid groups (broad SMARTS) is 1. The first kappa shape index (κ1) is 20.8. The van der Waals surface area contributed by atoms with Gasteiger partial charge in [0.1, 0.15) is 23.6 Å². The molecule has 0 saturated carbocycles. The van der Waals surface area contributed by atoms with E-state index in [2.05, 4.69) is 0 Å². The Morgan fingerprint density at radius 3 is 2.23 bits per heavy atom. The molecule has 1 atom stereocenters. The van der Waals surface area contributed by atoms with Gasteiger partial charge in [-0.3, -0.25) is 9.59 Å². The zero-order chi connectivity index (χ0) is 21.5. The quantitative estimate of drug-likeness (QED) is 0.477. The monoisotopic (exact) mass is 403 g/mol. The molecule has 0 aliphatic rings. The molecule has 0 amide bonds. The van der Waals surface area contributed by atoms with Gasteiger partial charge in [0.05, 0.1) is 10.9 Å². The maximum Gasteiger partial charge on any atom is 0.320 e. The highest BCUT2D eigenvalue weighted by Crippen LogP contribution is 2.18. The molecule has 152 valence electrons. The molecule has 30 heavy (non-hydrogen) atoms. The van der Waals surface area contributed by atoms with Crippen molar-refractivity contribution in [2.75, 3.05) is 0 Å². The highest BCUT2D eigenvalue weighted by molar-refractivity contribution is 5.81. The van der Waals surface area contributed by atoms with E-state index in [1.165, 1.54) is 18.4 Å². The average Bonchev–Trinajstić information content (AvgIpc) is 2.77. The summed E-state index contributed by atoms with van der Waals surface area (Å²) in [5.74, 6) is -0.860. The average molecular weight is 403 g/mol. The second-order valence-corrected chi connectivity index (χ2v) is 6.66. The molecule has 6 heteroatoms. The van der Waals surface area contributed by atoms with Gasteiger partial charge in [-0.05, 0) is 41.8 Å². The van der Waals surface area contributed by atoms with E-state index in [0.717, 1.165) is 11.1 Å². The Kier molecular flexibility index (Phi) is 6.62. The first-order valence-electron chi connectivity index (χ1n) is 9.28. The van der Waals surface area contributed by atoms with Crippen LogP contribution in [0.4, 0.5) is 0 Å². The van der Waals surface area contributed by atoms with Gasteiger partial charge in [0.25, 0.3) is 0 Å². The molecule has 1 aromatic heterocycles. The summed E-state index contributed by atoms with van der Waals surface area (Å²) in [4.78, 5) is 22.7. The van der Waals surface area contributed by atoms with E-state index < -0.39 is 12.0 Å². The minimum atomic E-state index is -1.02. The first-order chi connectivity index (χ1) is 14.5. The second kappa shape index (κ2) is 9.54. The molecule has 1 heterocycles. The van der Waals surface area contributed by atoms with E-state index in [9.17, 15) is 9.59 Å². The van der Waals surface area contributed by atoms with Crippen molar-refractivity contribution in [1.82, 2.24) is 0 Å². The van der Waals surface area contributed by atoms with Gasteiger partial charge >= 0.3 is 5.97 Å². The summed E-state index contributed by atoms with van der Waals surface area (Å²) in [5, 5.41) is 18.1. The Bertz CT molecular complexity index is 1180.